The lowest BCUT2D eigenvalue weighted by Crippen LogP contribution is -2.54. The number of aliphatic hydroxyl groups is 3. The van der Waals surface area contributed by atoms with Gasteiger partial charge in [-0.15, -0.1) is 11.6 Å². The molecule has 0 saturated carbocycles. The van der Waals surface area contributed by atoms with Crippen LogP contribution in [-0.2, 0) is 6.61 Å². The molecule has 4 rings (SSSR count). The molecular weight excluding hydrogens is 513 g/mol. The quantitative estimate of drug-likeness (QED) is 0.407. The number of hydrogen-bond acceptors (Lipinski definition) is 7. The van der Waals surface area contributed by atoms with Crippen LogP contribution in [0.1, 0.15) is 37.6 Å². The van der Waals surface area contributed by atoms with Gasteiger partial charge < -0.3 is 25.0 Å². The fourth-order valence-corrected chi connectivity index (χ4v) is 5.02. The van der Waals surface area contributed by atoms with Gasteiger partial charge in [-0.3, -0.25) is 9.88 Å². The molecule has 7 nitrogen and oxygen atoms in total. The highest BCUT2D eigenvalue weighted by Crippen LogP contribution is 2.35. The van der Waals surface area contributed by atoms with Crippen LogP contribution in [-0.4, -0.2) is 75.0 Å². The van der Waals surface area contributed by atoms with Crippen molar-refractivity contribution in [3.63, 3.8) is 0 Å². The Hall–Kier alpha value is -2.13. The first kappa shape index (κ1) is 27.9. The summed E-state index contributed by atoms with van der Waals surface area (Å²) in [5.74, 6) is 0.608. The van der Waals surface area contributed by atoms with Crippen molar-refractivity contribution < 1.29 is 20.1 Å². The van der Waals surface area contributed by atoms with E-state index in [0.29, 0.717) is 29.6 Å². The third-order valence-electron chi connectivity index (χ3n) is 6.57. The Labute approximate surface area is 228 Å². The van der Waals surface area contributed by atoms with E-state index in [9.17, 15) is 15.3 Å². The summed E-state index contributed by atoms with van der Waals surface area (Å²) >= 11 is 13.0. The molecule has 0 amide bonds. The minimum atomic E-state index is -0.936. The molecule has 1 aliphatic heterocycles. The second-order valence-electron chi connectivity index (χ2n) is 10.3. The van der Waals surface area contributed by atoms with Crippen LogP contribution in [0.5, 0.6) is 5.75 Å². The van der Waals surface area contributed by atoms with Crippen LogP contribution in [0.15, 0.2) is 60.3 Å². The Bertz CT molecular complexity index is 1120. The Balaban J connectivity index is 1.51. The zero-order valence-corrected chi connectivity index (χ0v) is 22.7. The van der Waals surface area contributed by atoms with Crippen molar-refractivity contribution in [3.05, 3.63) is 76.6 Å². The number of allylic oxidation sites excluding steroid dienone is 2. The van der Waals surface area contributed by atoms with Crippen LogP contribution < -0.4 is 9.64 Å². The van der Waals surface area contributed by atoms with Crippen LogP contribution in [0.25, 0.3) is 0 Å². The molecule has 1 unspecified atom stereocenters. The van der Waals surface area contributed by atoms with E-state index in [0.717, 1.165) is 30.8 Å². The van der Waals surface area contributed by atoms with Gasteiger partial charge in [-0.2, -0.15) is 0 Å². The molecule has 2 aliphatic rings. The molecule has 1 aliphatic carbocycles. The number of benzene rings is 1. The summed E-state index contributed by atoms with van der Waals surface area (Å²) in [4.78, 5) is 8.75. The fourth-order valence-electron chi connectivity index (χ4n) is 4.58. The number of anilines is 1. The number of piperazine rings is 1. The minimum absolute atomic E-state index is 0.0103. The van der Waals surface area contributed by atoms with Crippen LogP contribution >= 0.6 is 23.2 Å². The van der Waals surface area contributed by atoms with Gasteiger partial charge in [-0.1, -0.05) is 35.9 Å². The summed E-state index contributed by atoms with van der Waals surface area (Å²) in [6.45, 7) is 6.08. The molecule has 37 heavy (non-hydrogen) atoms. The summed E-state index contributed by atoms with van der Waals surface area (Å²) in [5.41, 5.74) is 2.44. The predicted octanol–water partition coefficient (Wildman–Crippen LogP) is 4.09. The lowest BCUT2D eigenvalue weighted by molar-refractivity contribution is 0.0285. The smallest absolute Gasteiger partial charge is 0.121 e. The van der Waals surface area contributed by atoms with Gasteiger partial charge in [-0.05, 0) is 44.0 Å². The normalized spacial score (nSPS) is 21.6. The van der Waals surface area contributed by atoms with Crippen molar-refractivity contribution in [2.75, 3.05) is 37.7 Å². The van der Waals surface area contributed by atoms with E-state index in [1.807, 2.05) is 24.3 Å². The number of aromatic nitrogens is 1. The first-order chi connectivity index (χ1) is 17.6. The number of pyridine rings is 1. The molecule has 1 aromatic heterocycles. The summed E-state index contributed by atoms with van der Waals surface area (Å²) in [6.07, 6.45) is 7.99. The third-order valence-corrected chi connectivity index (χ3v) is 7.20. The molecule has 3 N–H and O–H groups in total. The monoisotopic (exact) mass is 547 g/mol. The molecule has 0 bridgehead atoms. The van der Waals surface area contributed by atoms with Crippen molar-refractivity contribution in [1.29, 1.82) is 0 Å². The zero-order chi connectivity index (χ0) is 26.6. The zero-order valence-electron chi connectivity index (χ0n) is 21.2. The molecule has 200 valence electrons. The number of β-amino-alcohol motifs (C(OH)–C–C–N with tert-alkyl or cyclic N) is 1. The number of ether oxygens (including phenoxy) is 1. The first-order valence-corrected chi connectivity index (χ1v) is 13.3. The maximum absolute atomic E-state index is 10.9. The second-order valence-corrected chi connectivity index (χ2v) is 11.2. The van der Waals surface area contributed by atoms with Crippen LogP contribution in [0, 0.1) is 0 Å². The molecule has 1 aromatic carbocycles. The number of alkyl halides is 1. The highest BCUT2D eigenvalue weighted by atomic mass is 35.5. The Morgan fingerprint density at radius 3 is 2.65 bits per heavy atom. The minimum Gasteiger partial charge on any atom is -0.491 e. The Morgan fingerprint density at radius 1 is 1.22 bits per heavy atom. The van der Waals surface area contributed by atoms with Crippen molar-refractivity contribution >= 4 is 28.9 Å². The standard InChI is InChI=1S/C28H35Cl2N3O4/c1-28(2,36)18-37-23-9-10-25(24(30)13-23)33-12-11-32(15-26(33)19-3-6-21(29)7-4-19)16-27(35)20-5-8-22(17-34)31-14-20/h3-6,8-10,13-14,21,26-27,34-36H,7,11-12,15-18H2,1-2H3/t21?,26-,27+/m0/s1. The molecule has 0 spiro atoms. The van der Waals surface area contributed by atoms with Gasteiger partial charge in [0.25, 0.3) is 0 Å². The van der Waals surface area contributed by atoms with Crippen LogP contribution in [0.3, 0.4) is 0 Å². The van der Waals surface area contributed by atoms with E-state index < -0.39 is 11.7 Å². The fraction of sp³-hybridized carbons (Fsp3) is 0.464. The highest BCUT2D eigenvalue weighted by molar-refractivity contribution is 6.33. The van der Waals surface area contributed by atoms with E-state index in [2.05, 4.69) is 26.9 Å². The number of nitrogens with zero attached hydrogens (tertiary/aromatic N) is 3. The lowest BCUT2D eigenvalue weighted by atomic mass is 9.95. The molecule has 2 heterocycles. The summed E-state index contributed by atoms with van der Waals surface area (Å²) in [7, 11) is 0. The van der Waals surface area contributed by atoms with Gasteiger partial charge in [0.05, 0.1) is 46.1 Å². The first-order valence-electron chi connectivity index (χ1n) is 12.5. The molecule has 1 saturated heterocycles. The average Bonchev–Trinajstić information content (AvgIpc) is 2.88. The van der Waals surface area contributed by atoms with Crippen molar-refractivity contribution in [1.82, 2.24) is 9.88 Å². The van der Waals surface area contributed by atoms with Crippen molar-refractivity contribution in [2.45, 2.75) is 50.0 Å². The number of rotatable bonds is 9. The summed E-state index contributed by atoms with van der Waals surface area (Å²) in [6, 6.07) is 9.20. The number of aliphatic hydroxyl groups excluding tert-OH is 2. The predicted molar refractivity (Wildman–Crippen MR) is 147 cm³/mol. The van der Waals surface area contributed by atoms with Crippen molar-refractivity contribution in [2.24, 2.45) is 0 Å². The van der Waals surface area contributed by atoms with E-state index >= 15 is 0 Å². The van der Waals surface area contributed by atoms with Gasteiger partial charge in [-0.25, -0.2) is 0 Å². The summed E-state index contributed by atoms with van der Waals surface area (Å²) in [5, 5.41) is 30.6. The molecule has 1 fully saturated rings. The highest BCUT2D eigenvalue weighted by Gasteiger charge is 2.32. The van der Waals surface area contributed by atoms with Gasteiger partial charge >= 0.3 is 0 Å². The maximum Gasteiger partial charge on any atom is 0.121 e. The maximum atomic E-state index is 10.9. The van der Waals surface area contributed by atoms with Gasteiger partial charge in [0, 0.05) is 44.0 Å². The lowest BCUT2D eigenvalue weighted by Gasteiger charge is -2.44. The van der Waals surface area contributed by atoms with E-state index in [-0.39, 0.29) is 24.6 Å². The number of halogens is 2. The van der Waals surface area contributed by atoms with Gasteiger partial charge in [0.1, 0.15) is 12.4 Å². The topological polar surface area (TPSA) is 89.3 Å². The number of hydrogen-bond donors (Lipinski definition) is 3. The Morgan fingerprint density at radius 2 is 2.03 bits per heavy atom. The van der Waals surface area contributed by atoms with Gasteiger partial charge in [0.15, 0.2) is 0 Å². The molecule has 3 atom stereocenters. The molecule has 0 radical (unpaired) electrons. The molecule has 9 heteroatoms. The Kier molecular flexibility index (Phi) is 9.16. The van der Waals surface area contributed by atoms with E-state index in [4.69, 9.17) is 27.9 Å². The van der Waals surface area contributed by atoms with E-state index in [1.54, 1.807) is 32.2 Å². The average molecular weight is 549 g/mol. The SMILES string of the molecule is CC(C)(O)COc1ccc(N2CCN(C[C@@H](O)c3ccc(CO)nc3)C[C@H]2C2=CCC(Cl)C=C2)c(Cl)c1. The molecule has 2 aromatic rings. The van der Waals surface area contributed by atoms with Crippen LogP contribution in [0.4, 0.5) is 5.69 Å². The van der Waals surface area contributed by atoms with Gasteiger partial charge in [0.2, 0.25) is 0 Å². The third kappa shape index (κ3) is 7.47. The summed E-state index contributed by atoms with van der Waals surface area (Å²) < 4.78 is 5.72. The van der Waals surface area contributed by atoms with E-state index in [1.165, 1.54) is 5.57 Å². The van der Waals surface area contributed by atoms with Crippen LogP contribution in [0.2, 0.25) is 5.02 Å². The largest absolute Gasteiger partial charge is 0.491 e. The second kappa shape index (κ2) is 12.2. The van der Waals surface area contributed by atoms with Crippen molar-refractivity contribution in [3.8, 4) is 5.75 Å². The molecular formula is C28H35Cl2N3O4.